The first kappa shape index (κ1) is 40.1. The van der Waals surface area contributed by atoms with E-state index in [9.17, 15) is 23.0 Å². The Balaban J connectivity index is 0.000000245. The second-order valence-corrected chi connectivity index (χ2v) is 9.83. The lowest BCUT2D eigenvalue weighted by Crippen LogP contribution is -2.38. The Morgan fingerprint density at radius 3 is 1.74 bits per heavy atom. The number of carbonyl (C=O) groups is 1. The van der Waals surface area contributed by atoms with Crippen LogP contribution in [-0.4, -0.2) is 90.8 Å². The van der Waals surface area contributed by atoms with E-state index >= 15 is 0 Å². The maximum Gasteiger partial charge on any atom is 0.494 e. The number of carbonyl (C=O) groups excluding carboxylic acids is 1. The molecule has 1 fully saturated rings. The molecule has 3 aromatic carbocycles. The molecule has 3 N–H and O–H groups in total. The van der Waals surface area contributed by atoms with Gasteiger partial charge in [-0.15, -0.1) is 0 Å². The number of rotatable bonds is 13. The molecule has 11 nitrogen and oxygen atoms in total. The molecule has 17 heteroatoms. The van der Waals surface area contributed by atoms with Crippen LogP contribution in [-0.2, 0) is 46.1 Å². The number of hydrogen-bond donors (Lipinski definition) is 3. The number of halogens is 3. The molecule has 0 spiro atoms. The molecule has 4 rings (SSSR count). The van der Waals surface area contributed by atoms with Gasteiger partial charge in [-0.05, 0) is 76.8 Å². The minimum atomic E-state index is -1.63. The predicted molar refractivity (Wildman–Crippen MR) is 169 cm³/mol. The van der Waals surface area contributed by atoms with Crippen LogP contribution in [0.1, 0.15) is 34.3 Å². The van der Waals surface area contributed by atoms with Crippen molar-refractivity contribution in [2.75, 3.05) is 48.1 Å². The first-order valence-corrected chi connectivity index (χ1v) is 14.4. The lowest BCUT2D eigenvalue weighted by atomic mass is 9.76. The lowest BCUT2D eigenvalue weighted by Gasteiger charge is -2.12. The highest BCUT2D eigenvalue weighted by molar-refractivity contribution is 6.62. The maximum atomic E-state index is 13.0. The molecule has 0 bridgehead atoms. The van der Waals surface area contributed by atoms with Crippen molar-refractivity contribution in [2.24, 2.45) is 0 Å². The van der Waals surface area contributed by atoms with Gasteiger partial charge in [0, 0.05) is 40.1 Å². The van der Waals surface area contributed by atoms with Gasteiger partial charge in [0.05, 0.1) is 13.2 Å². The van der Waals surface area contributed by atoms with Crippen LogP contribution in [0.5, 0.6) is 0 Å². The quantitative estimate of drug-likeness (QED) is 0.105. The van der Waals surface area contributed by atoms with Crippen LogP contribution in [0.3, 0.4) is 0 Å². The molecule has 254 valence electrons. The molecule has 1 saturated heterocycles. The van der Waals surface area contributed by atoms with Crippen molar-refractivity contribution in [3.63, 3.8) is 0 Å². The monoisotopic (exact) mass is 664 g/mol. The zero-order chi connectivity index (χ0) is 34.6. The van der Waals surface area contributed by atoms with Gasteiger partial charge in [0.15, 0.2) is 0 Å². The van der Waals surface area contributed by atoms with Crippen LogP contribution in [0.2, 0.25) is 0 Å². The maximum absolute atomic E-state index is 13.0. The minimum Gasteiger partial charge on any atom is -0.423 e. The smallest absolute Gasteiger partial charge is 0.423 e. The molecule has 1 heterocycles. The summed E-state index contributed by atoms with van der Waals surface area (Å²) in [5.41, 5.74) is 2.52. The van der Waals surface area contributed by atoms with Crippen molar-refractivity contribution in [3.05, 3.63) is 88.7 Å². The standard InChI is InChI=1S/C11H12BFO3.C10H14BFO4.C9H12BFO4/c13-10-3-4-11(9(7-10)8-14)12-15-5-1-2-6-16-12;1-14-7-16-6-8-5-9(12)3-4-10(8)11(13)15-2;1-14-6-15-5-7-4-8(11)2-3-9(7)10(12)13/h3-4,7-8H,1-2,5-6H2;3-5,13H,6-7H2,1-2H3;2-4,12-13H,5-6H2,1H3. The van der Waals surface area contributed by atoms with Gasteiger partial charge in [-0.25, -0.2) is 13.2 Å². The van der Waals surface area contributed by atoms with Gasteiger partial charge in [0.25, 0.3) is 0 Å². The second-order valence-electron chi connectivity index (χ2n) is 9.83. The van der Waals surface area contributed by atoms with Gasteiger partial charge in [-0.1, -0.05) is 18.2 Å². The van der Waals surface area contributed by atoms with Crippen molar-refractivity contribution in [1.29, 1.82) is 0 Å². The van der Waals surface area contributed by atoms with E-state index in [2.05, 4.69) is 4.74 Å². The van der Waals surface area contributed by atoms with E-state index in [1.807, 2.05) is 0 Å². The average molecular weight is 664 g/mol. The van der Waals surface area contributed by atoms with E-state index < -0.39 is 33.0 Å². The fourth-order valence-electron chi connectivity index (χ4n) is 4.16. The zero-order valence-electron chi connectivity index (χ0n) is 26.4. The summed E-state index contributed by atoms with van der Waals surface area (Å²) in [5, 5.41) is 27.5. The fourth-order valence-corrected chi connectivity index (χ4v) is 4.16. The van der Waals surface area contributed by atoms with Crippen LogP contribution in [0.25, 0.3) is 0 Å². The van der Waals surface area contributed by atoms with Crippen molar-refractivity contribution < 1.29 is 65.9 Å². The Kier molecular flexibility index (Phi) is 19.2. The van der Waals surface area contributed by atoms with Gasteiger partial charge in [-0.3, -0.25) is 4.79 Å². The molecule has 3 aromatic rings. The normalized spacial score (nSPS) is 12.7. The average Bonchev–Trinajstić information content (AvgIpc) is 3.35. The number of ether oxygens (including phenoxy) is 4. The molecule has 0 atom stereocenters. The Morgan fingerprint density at radius 1 is 0.766 bits per heavy atom. The molecule has 47 heavy (non-hydrogen) atoms. The summed E-state index contributed by atoms with van der Waals surface area (Å²) in [6.45, 7) is 1.59. The van der Waals surface area contributed by atoms with Crippen LogP contribution in [0, 0.1) is 17.5 Å². The van der Waals surface area contributed by atoms with E-state index in [-0.39, 0.29) is 43.6 Å². The summed E-state index contributed by atoms with van der Waals surface area (Å²) in [5.74, 6) is -1.27. The van der Waals surface area contributed by atoms with E-state index in [1.54, 1.807) is 0 Å². The molecule has 1 aliphatic heterocycles. The second kappa shape index (κ2) is 22.5. The number of benzene rings is 3. The summed E-state index contributed by atoms with van der Waals surface area (Å²) in [6, 6.07) is 11.7. The highest BCUT2D eigenvalue weighted by Gasteiger charge is 2.26. The number of aldehydes is 1. The topological polar surface area (TPSA) is 142 Å². The third kappa shape index (κ3) is 14.3. The van der Waals surface area contributed by atoms with Crippen molar-refractivity contribution in [1.82, 2.24) is 0 Å². The van der Waals surface area contributed by atoms with Crippen LogP contribution < -0.4 is 16.4 Å². The van der Waals surface area contributed by atoms with E-state index in [0.717, 1.165) is 18.9 Å². The Morgan fingerprint density at radius 2 is 1.26 bits per heavy atom. The number of hydrogen-bond acceptors (Lipinski definition) is 11. The third-order valence-electron chi connectivity index (χ3n) is 6.40. The summed E-state index contributed by atoms with van der Waals surface area (Å²) < 4.78 is 74.0. The molecule has 0 aliphatic carbocycles. The number of methoxy groups -OCH3 is 2. The summed E-state index contributed by atoms with van der Waals surface area (Å²) >= 11 is 0. The lowest BCUT2D eigenvalue weighted by molar-refractivity contribution is -0.0390. The highest BCUT2D eigenvalue weighted by atomic mass is 19.1. The molecule has 0 amide bonds. The van der Waals surface area contributed by atoms with Gasteiger partial charge in [0.1, 0.15) is 37.3 Å². The molecular weight excluding hydrogens is 626 g/mol. The highest BCUT2D eigenvalue weighted by Crippen LogP contribution is 2.08. The molecule has 0 unspecified atom stereocenters. The molecule has 0 radical (unpaired) electrons. The fraction of sp³-hybridized carbons (Fsp3) is 0.367. The van der Waals surface area contributed by atoms with Crippen molar-refractivity contribution in [3.8, 4) is 0 Å². The van der Waals surface area contributed by atoms with E-state index in [1.165, 1.54) is 69.9 Å². The van der Waals surface area contributed by atoms with Crippen molar-refractivity contribution in [2.45, 2.75) is 26.1 Å². The zero-order valence-corrected chi connectivity index (χ0v) is 26.4. The largest absolute Gasteiger partial charge is 0.494 e. The van der Waals surface area contributed by atoms with Crippen LogP contribution >= 0.6 is 0 Å². The Bertz CT molecular complexity index is 1350. The van der Waals surface area contributed by atoms with Gasteiger partial charge < -0.3 is 48.0 Å². The molecule has 0 aromatic heterocycles. The SMILES string of the molecule is COCOCc1cc(F)ccc1B(O)O.COCOCc1cc(F)ccc1B(O)OC.O=Cc1cc(F)ccc1B1OCCCCO1. The molecule has 0 saturated carbocycles. The first-order chi connectivity index (χ1) is 22.6. The molecule has 1 aliphatic rings. The van der Waals surface area contributed by atoms with Crippen LogP contribution in [0.15, 0.2) is 54.6 Å². The van der Waals surface area contributed by atoms with Gasteiger partial charge >= 0.3 is 21.4 Å². The third-order valence-corrected chi connectivity index (χ3v) is 6.40. The van der Waals surface area contributed by atoms with Gasteiger partial charge in [-0.2, -0.15) is 0 Å². The minimum absolute atomic E-state index is 0.0669. The summed E-state index contributed by atoms with van der Waals surface area (Å²) in [7, 11) is 1.06. The first-order valence-electron chi connectivity index (χ1n) is 14.4. The molecular formula is C30H38B3F3O11. The summed E-state index contributed by atoms with van der Waals surface area (Å²) in [4.78, 5) is 10.8. The summed E-state index contributed by atoms with van der Waals surface area (Å²) in [6.07, 6.45) is 2.50. The van der Waals surface area contributed by atoms with Crippen LogP contribution in [0.4, 0.5) is 13.2 Å². The Labute approximate surface area is 272 Å². The van der Waals surface area contributed by atoms with E-state index in [4.69, 9.17) is 38.2 Å². The predicted octanol–water partition coefficient (Wildman–Crippen LogP) is 1.07. The van der Waals surface area contributed by atoms with Crippen molar-refractivity contribution >= 4 is 44.0 Å². The van der Waals surface area contributed by atoms with Gasteiger partial charge in [0.2, 0.25) is 0 Å². The Hall–Kier alpha value is -3.09. The van der Waals surface area contributed by atoms with E-state index in [0.29, 0.717) is 41.6 Å².